The Hall–Kier alpha value is -0.980. The summed E-state index contributed by atoms with van der Waals surface area (Å²) in [5.41, 5.74) is 4.40. The topological polar surface area (TPSA) is 20.2 Å². The number of hydrogen-bond acceptors (Lipinski definition) is 1. The van der Waals surface area contributed by atoms with Crippen LogP contribution in [0.25, 0.3) is 0 Å². The molecule has 1 rings (SSSR count). The van der Waals surface area contributed by atoms with Gasteiger partial charge >= 0.3 is 0 Å². The number of hydrogen-bond donors (Lipinski definition) is 1. The maximum absolute atomic E-state index is 10.6. The molecule has 0 heterocycles. The van der Waals surface area contributed by atoms with Gasteiger partial charge in [-0.3, -0.25) is 0 Å². The zero-order chi connectivity index (χ0) is 14.3. The highest BCUT2D eigenvalue weighted by Crippen LogP contribution is 2.42. The predicted molar refractivity (Wildman–Crippen MR) is 79.3 cm³/mol. The molecule has 0 aromatic heterocycles. The van der Waals surface area contributed by atoms with Crippen molar-refractivity contribution in [2.24, 2.45) is 0 Å². The maximum Gasteiger partial charge on any atom is 0.123 e. The van der Waals surface area contributed by atoms with Crippen LogP contribution in [0.3, 0.4) is 0 Å². The predicted octanol–water partition coefficient (Wildman–Crippen LogP) is 4.67. The standard InChI is InChI=1S/C17H27O/c1-9-12-10-13(16(3,4)5)15(18)14(11(12)2)17(6,7)8/h10,18H,1,9H2,2-8H3. The first kappa shape index (κ1) is 15.1. The van der Waals surface area contributed by atoms with Crippen molar-refractivity contribution in [3.8, 4) is 5.75 Å². The molecule has 1 aromatic rings. The Bertz CT molecular complexity index is 442. The normalized spacial score (nSPS) is 12.9. The van der Waals surface area contributed by atoms with Crippen LogP contribution < -0.4 is 0 Å². The fourth-order valence-corrected chi connectivity index (χ4v) is 2.57. The van der Waals surface area contributed by atoms with Gasteiger partial charge in [-0.2, -0.15) is 0 Å². The first-order chi connectivity index (χ1) is 8.00. The molecule has 1 N–H and O–H groups in total. The van der Waals surface area contributed by atoms with E-state index in [4.69, 9.17) is 0 Å². The Kier molecular flexibility index (Phi) is 3.86. The first-order valence-corrected chi connectivity index (χ1v) is 6.65. The summed E-state index contributed by atoms with van der Waals surface area (Å²) >= 11 is 0. The molecule has 0 atom stereocenters. The molecule has 1 heteroatoms. The Morgan fingerprint density at radius 1 is 1.06 bits per heavy atom. The Morgan fingerprint density at radius 2 is 1.56 bits per heavy atom. The largest absolute Gasteiger partial charge is 0.507 e. The molecule has 0 aliphatic carbocycles. The molecule has 0 spiro atoms. The Labute approximate surface area is 112 Å². The lowest BCUT2D eigenvalue weighted by atomic mass is 9.75. The number of phenols is 1. The summed E-state index contributed by atoms with van der Waals surface area (Å²) in [7, 11) is 0. The Balaban J connectivity index is 3.71. The fourth-order valence-electron chi connectivity index (χ4n) is 2.57. The van der Waals surface area contributed by atoms with Gasteiger partial charge in [-0.1, -0.05) is 47.6 Å². The van der Waals surface area contributed by atoms with Crippen LogP contribution in [0.4, 0.5) is 0 Å². The summed E-state index contributed by atoms with van der Waals surface area (Å²) in [5, 5.41) is 10.6. The second kappa shape index (κ2) is 4.60. The van der Waals surface area contributed by atoms with Crippen LogP contribution in [-0.2, 0) is 17.3 Å². The molecule has 0 unspecified atom stereocenters. The average molecular weight is 247 g/mol. The van der Waals surface area contributed by atoms with Gasteiger partial charge in [0.1, 0.15) is 5.75 Å². The minimum Gasteiger partial charge on any atom is -0.507 e. The molecule has 0 aliphatic rings. The monoisotopic (exact) mass is 247 g/mol. The van der Waals surface area contributed by atoms with Gasteiger partial charge in [-0.05, 0) is 47.8 Å². The summed E-state index contributed by atoms with van der Waals surface area (Å²) in [4.78, 5) is 0. The quantitative estimate of drug-likeness (QED) is 0.764. The highest BCUT2D eigenvalue weighted by atomic mass is 16.3. The van der Waals surface area contributed by atoms with Crippen molar-refractivity contribution >= 4 is 0 Å². The van der Waals surface area contributed by atoms with Crippen LogP contribution in [-0.4, -0.2) is 5.11 Å². The summed E-state index contributed by atoms with van der Waals surface area (Å²) in [6.45, 7) is 19.0. The van der Waals surface area contributed by atoms with Crippen LogP contribution in [0.15, 0.2) is 6.07 Å². The highest BCUT2D eigenvalue weighted by Gasteiger charge is 2.28. The first-order valence-electron chi connectivity index (χ1n) is 6.65. The molecule has 0 saturated carbocycles. The van der Waals surface area contributed by atoms with Crippen molar-refractivity contribution in [3.63, 3.8) is 0 Å². The molecule has 0 bridgehead atoms. The zero-order valence-electron chi connectivity index (χ0n) is 12.9. The summed E-state index contributed by atoms with van der Waals surface area (Å²) in [5.74, 6) is 0.463. The van der Waals surface area contributed by atoms with E-state index in [1.54, 1.807) is 0 Å². The molecule has 18 heavy (non-hydrogen) atoms. The van der Waals surface area contributed by atoms with Gasteiger partial charge in [-0.25, -0.2) is 0 Å². The fraction of sp³-hybridized carbons (Fsp3) is 0.588. The van der Waals surface area contributed by atoms with Crippen LogP contribution in [0, 0.1) is 13.8 Å². The van der Waals surface area contributed by atoms with Crippen molar-refractivity contribution in [2.75, 3.05) is 0 Å². The van der Waals surface area contributed by atoms with Gasteiger partial charge in [0.15, 0.2) is 0 Å². The summed E-state index contributed by atoms with van der Waals surface area (Å²) in [6, 6.07) is 2.12. The Morgan fingerprint density at radius 3 is 1.89 bits per heavy atom. The lowest BCUT2D eigenvalue weighted by molar-refractivity contribution is 0.421. The van der Waals surface area contributed by atoms with Crippen molar-refractivity contribution in [2.45, 2.75) is 65.7 Å². The minimum absolute atomic E-state index is 0.0539. The third-order valence-electron chi connectivity index (χ3n) is 3.49. The second-order valence-electron chi connectivity index (χ2n) is 7.18. The molecule has 0 fully saturated rings. The van der Waals surface area contributed by atoms with Gasteiger partial charge in [-0.15, -0.1) is 0 Å². The van der Waals surface area contributed by atoms with Crippen molar-refractivity contribution in [1.82, 2.24) is 0 Å². The molecule has 0 saturated heterocycles. The number of rotatable bonds is 1. The van der Waals surface area contributed by atoms with E-state index in [9.17, 15) is 5.11 Å². The smallest absolute Gasteiger partial charge is 0.123 e. The molecular weight excluding hydrogens is 220 g/mol. The number of phenolic OH excluding ortho intramolecular Hbond substituents is 1. The molecular formula is C17H27O. The van der Waals surface area contributed by atoms with E-state index in [1.807, 2.05) is 0 Å². The van der Waals surface area contributed by atoms with Crippen LogP contribution in [0.5, 0.6) is 5.75 Å². The van der Waals surface area contributed by atoms with E-state index in [0.29, 0.717) is 5.75 Å². The van der Waals surface area contributed by atoms with Gasteiger partial charge in [0.25, 0.3) is 0 Å². The molecule has 101 valence electrons. The SMILES string of the molecule is [CH2]Cc1cc(C(C)(C)C)c(O)c(C(C)(C)C)c1C. The van der Waals surface area contributed by atoms with E-state index >= 15 is 0 Å². The lowest BCUT2D eigenvalue weighted by Gasteiger charge is -2.30. The van der Waals surface area contributed by atoms with Gasteiger partial charge in [0.05, 0.1) is 0 Å². The van der Waals surface area contributed by atoms with Gasteiger partial charge in [0.2, 0.25) is 0 Å². The molecule has 1 radical (unpaired) electrons. The van der Waals surface area contributed by atoms with E-state index in [0.717, 1.165) is 17.5 Å². The molecule has 1 nitrogen and oxygen atoms in total. The van der Waals surface area contributed by atoms with Crippen LogP contribution in [0.1, 0.15) is 63.8 Å². The third kappa shape index (κ3) is 2.71. The number of benzene rings is 1. The van der Waals surface area contributed by atoms with Gasteiger partial charge in [0, 0.05) is 5.56 Å². The van der Waals surface area contributed by atoms with Crippen molar-refractivity contribution in [1.29, 1.82) is 0 Å². The second-order valence-corrected chi connectivity index (χ2v) is 7.18. The summed E-state index contributed by atoms with van der Waals surface area (Å²) in [6.07, 6.45) is 0.762. The van der Waals surface area contributed by atoms with E-state index < -0.39 is 0 Å². The zero-order valence-corrected chi connectivity index (χ0v) is 12.9. The minimum atomic E-state index is -0.0562. The van der Waals surface area contributed by atoms with Gasteiger partial charge < -0.3 is 5.11 Å². The van der Waals surface area contributed by atoms with E-state index in [1.165, 1.54) is 11.1 Å². The average Bonchev–Trinajstić information content (AvgIpc) is 2.13. The lowest BCUT2D eigenvalue weighted by Crippen LogP contribution is -2.19. The molecule has 1 aromatic carbocycles. The van der Waals surface area contributed by atoms with E-state index in [-0.39, 0.29) is 10.8 Å². The third-order valence-corrected chi connectivity index (χ3v) is 3.49. The molecule has 0 aliphatic heterocycles. The maximum atomic E-state index is 10.6. The molecule has 0 amide bonds. The van der Waals surface area contributed by atoms with Crippen molar-refractivity contribution < 1.29 is 5.11 Å². The van der Waals surface area contributed by atoms with Crippen LogP contribution in [0.2, 0.25) is 0 Å². The van der Waals surface area contributed by atoms with E-state index in [2.05, 4.69) is 61.5 Å². The number of aromatic hydroxyl groups is 1. The summed E-state index contributed by atoms with van der Waals surface area (Å²) < 4.78 is 0. The highest BCUT2D eigenvalue weighted by molar-refractivity contribution is 5.54. The van der Waals surface area contributed by atoms with Crippen LogP contribution >= 0.6 is 0 Å². The van der Waals surface area contributed by atoms with Crippen molar-refractivity contribution in [3.05, 3.63) is 35.2 Å².